The SMILES string of the molecule is C[C@@H](OC(C)(C)C)[C@@H](NC(=O)[C@@H](N)Cc1cn(C(=O)OC(C)(C)C)c2ccccc12)C(N)=O. The van der Waals surface area contributed by atoms with Crippen molar-refractivity contribution >= 4 is 28.8 Å². The Balaban J connectivity index is 2.22. The van der Waals surface area contributed by atoms with E-state index >= 15 is 0 Å². The number of carbonyl (C=O) groups is 3. The number of para-hydroxylation sites is 1. The molecule has 0 aliphatic rings. The summed E-state index contributed by atoms with van der Waals surface area (Å²) in [7, 11) is 0. The average molecular weight is 461 g/mol. The zero-order valence-corrected chi connectivity index (χ0v) is 20.5. The van der Waals surface area contributed by atoms with Crippen LogP contribution >= 0.6 is 0 Å². The molecule has 3 atom stereocenters. The van der Waals surface area contributed by atoms with Crippen molar-refractivity contribution in [1.82, 2.24) is 9.88 Å². The number of primary amides is 1. The number of ether oxygens (including phenoxy) is 2. The Kier molecular flexibility index (Phi) is 7.92. The fourth-order valence-electron chi connectivity index (χ4n) is 3.51. The summed E-state index contributed by atoms with van der Waals surface area (Å²) in [5.74, 6) is -1.26. The number of nitrogens with zero attached hydrogens (tertiary/aromatic N) is 1. The van der Waals surface area contributed by atoms with Crippen molar-refractivity contribution < 1.29 is 23.9 Å². The second-order valence-corrected chi connectivity index (χ2v) is 10.2. The number of carbonyl (C=O) groups excluding carboxylic acids is 3. The molecule has 33 heavy (non-hydrogen) atoms. The minimum atomic E-state index is -1.04. The highest BCUT2D eigenvalue weighted by Crippen LogP contribution is 2.24. The Hall–Kier alpha value is -2.91. The molecule has 2 aromatic rings. The van der Waals surface area contributed by atoms with Crippen LogP contribution in [0, 0.1) is 0 Å². The fraction of sp³-hybridized carbons (Fsp3) is 0.542. The molecule has 0 saturated heterocycles. The molecule has 1 heterocycles. The van der Waals surface area contributed by atoms with E-state index in [0.717, 1.165) is 5.39 Å². The smallest absolute Gasteiger partial charge is 0.419 e. The molecule has 1 aromatic carbocycles. The molecule has 0 aliphatic carbocycles. The standard InChI is InChI=1S/C24H36N4O5/c1-14(32-23(2,3)4)19(20(26)29)27-21(30)17(25)12-15-13-28(22(31)33-24(5,6)7)18-11-9-8-10-16(15)18/h8-11,13-14,17,19H,12,25H2,1-7H3,(H2,26,29)(H,27,30)/t14-,17+,19-/m1/s1. The van der Waals surface area contributed by atoms with Gasteiger partial charge in [-0.3, -0.25) is 14.2 Å². The summed E-state index contributed by atoms with van der Waals surface area (Å²) >= 11 is 0. The van der Waals surface area contributed by atoms with Gasteiger partial charge >= 0.3 is 6.09 Å². The predicted molar refractivity (Wildman–Crippen MR) is 127 cm³/mol. The second-order valence-electron chi connectivity index (χ2n) is 10.2. The third-order valence-corrected chi connectivity index (χ3v) is 4.77. The van der Waals surface area contributed by atoms with Crippen molar-refractivity contribution in [2.45, 2.75) is 84.3 Å². The Bertz CT molecular complexity index is 1020. The first-order chi connectivity index (χ1) is 15.1. The summed E-state index contributed by atoms with van der Waals surface area (Å²) < 4.78 is 12.7. The number of nitrogens with two attached hydrogens (primary N) is 2. The highest BCUT2D eigenvalue weighted by atomic mass is 16.6. The van der Waals surface area contributed by atoms with Crippen LogP contribution in [0.1, 0.15) is 54.0 Å². The van der Waals surface area contributed by atoms with Gasteiger partial charge in [0.1, 0.15) is 11.6 Å². The summed E-state index contributed by atoms with van der Waals surface area (Å²) in [5.41, 5.74) is 11.8. The van der Waals surface area contributed by atoms with Gasteiger partial charge in [0.25, 0.3) is 0 Å². The Labute approximate surface area is 194 Å². The van der Waals surface area contributed by atoms with Gasteiger partial charge in [-0.15, -0.1) is 0 Å². The number of aromatic nitrogens is 1. The maximum absolute atomic E-state index is 12.8. The highest BCUT2D eigenvalue weighted by molar-refractivity contribution is 5.93. The number of amides is 2. The van der Waals surface area contributed by atoms with Crippen LogP contribution in [0.25, 0.3) is 10.9 Å². The molecule has 1 aromatic heterocycles. The van der Waals surface area contributed by atoms with E-state index in [2.05, 4.69) is 5.32 Å². The van der Waals surface area contributed by atoms with Crippen LogP contribution in [-0.2, 0) is 25.5 Å². The van der Waals surface area contributed by atoms with Crippen LogP contribution in [0.3, 0.4) is 0 Å². The maximum Gasteiger partial charge on any atom is 0.419 e. The van der Waals surface area contributed by atoms with Crippen molar-refractivity contribution in [2.75, 3.05) is 0 Å². The second kappa shape index (κ2) is 9.93. The van der Waals surface area contributed by atoms with Crippen LogP contribution in [0.2, 0.25) is 0 Å². The van der Waals surface area contributed by atoms with Crippen molar-refractivity contribution in [2.24, 2.45) is 11.5 Å². The van der Waals surface area contributed by atoms with Crippen molar-refractivity contribution in [3.63, 3.8) is 0 Å². The van der Waals surface area contributed by atoms with E-state index in [-0.39, 0.29) is 6.42 Å². The number of rotatable bonds is 7. The molecule has 0 fully saturated rings. The number of hydrogen-bond acceptors (Lipinski definition) is 6. The van der Waals surface area contributed by atoms with Crippen molar-refractivity contribution in [3.8, 4) is 0 Å². The minimum absolute atomic E-state index is 0.141. The molecule has 2 amide bonds. The minimum Gasteiger partial charge on any atom is -0.443 e. The van der Waals surface area contributed by atoms with Crippen LogP contribution in [0.4, 0.5) is 4.79 Å². The Morgan fingerprint density at radius 3 is 2.21 bits per heavy atom. The monoisotopic (exact) mass is 460 g/mol. The van der Waals surface area contributed by atoms with Gasteiger partial charge in [-0.25, -0.2) is 4.79 Å². The quantitative estimate of drug-likeness (QED) is 0.580. The third kappa shape index (κ3) is 7.30. The van der Waals surface area contributed by atoms with E-state index in [9.17, 15) is 14.4 Å². The average Bonchev–Trinajstić information content (AvgIpc) is 3.01. The van der Waals surface area contributed by atoms with Gasteiger partial charge in [-0.2, -0.15) is 0 Å². The molecule has 9 heteroatoms. The zero-order chi connectivity index (χ0) is 25.1. The number of benzene rings is 1. The molecule has 0 radical (unpaired) electrons. The van der Waals surface area contributed by atoms with E-state index in [1.54, 1.807) is 40.0 Å². The topological polar surface area (TPSA) is 139 Å². The lowest BCUT2D eigenvalue weighted by atomic mass is 10.0. The van der Waals surface area contributed by atoms with E-state index in [4.69, 9.17) is 20.9 Å². The highest BCUT2D eigenvalue weighted by Gasteiger charge is 2.31. The lowest BCUT2D eigenvalue weighted by molar-refractivity contribution is -0.135. The Morgan fingerprint density at radius 1 is 1.06 bits per heavy atom. The van der Waals surface area contributed by atoms with E-state index in [1.165, 1.54) is 4.57 Å². The molecule has 0 spiro atoms. The molecule has 0 unspecified atom stereocenters. The fourth-order valence-corrected chi connectivity index (χ4v) is 3.51. The largest absolute Gasteiger partial charge is 0.443 e. The predicted octanol–water partition coefficient (Wildman–Crippen LogP) is 2.47. The third-order valence-electron chi connectivity index (χ3n) is 4.77. The summed E-state index contributed by atoms with van der Waals surface area (Å²) in [4.78, 5) is 37.4. The maximum atomic E-state index is 12.8. The number of hydrogen-bond donors (Lipinski definition) is 3. The van der Waals surface area contributed by atoms with Gasteiger partial charge in [-0.1, -0.05) is 18.2 Å². The Morgan fingerprint density at radius 2 is 1.67 bits per heavy atom. The van der Waals surface area contributed by atoms with Gasteiger partial charge in [0, 0.05) is 11.6 Å². The van der Waals surface area contributed by atoms with Gasteiger partial charge < -0.3 is 26.3 Å². The van der Waals surface area contributed by atoms with E-state index < -0.39 is 47.3 Å². The van der Waals surface area contributed by atoms with Crippen molar-refractivity contribution in [3.05, 3.63) is 36.0 Å². The van der Waals surface area contributed by atoms with Gasteiger partial charge in [0.05, 0.1) is 23.3 Å². The first kappa shape index (κ1) is 26.3. The molecule has 0 saturated carbocycles. The summed E-state index contributed by atoms with van der Waals surface area (Å²) in [5, 5.41) is 3.39. The first-order valence-electron chi connectivity index (χ1n) is 10.9. The molecule has 9 nitrogen and oxygen atoms in total. The van der Waals surface area contributed by atoms with Crippen LogP contribution in [-0.4, -0.2) is 51.9 Å². The van der Waals surface area contributed by atoms with Crippen LogP contribution < -0.4 is 16.8 Å². The summed E-state index contributed by atoms with van der Waals surface area (Å²) in [6, 6.07) is 5.28. The molecular formula is C24H36N4O5. The first-order valence-corrected chi connectivity index (χ1v) is 10.9. The van der Waals surface area contributed by atoms with E-state index in [1.807, 2.05) is 39.0 Å². The van der Waals surface area contributed by atoms with Crippen LogP contribution in [0.5, 0.6) is 0 Å². The molecule has 2 rings (SSSR count). The molecule has 0 bridgehead atoms. The lowest BCUT2D eigenvalue weighted by Crippen LogP contribution is -2.56. The number of fused-ring (bicyclic) bond motifs is 1. The number of nitrogens with one attached hydrogen (secondary N) is 1. The summed E-state index contributed by atoms with van der Waals surface area (Å²) in [6.45, 7) is 12.6. The normalized spacial score (nSPS) is 15.0. The summed E-state index contributed by atoms with van der Waals surface area (Å²) in [6.07, 6.45) is 0.600. The zero-order valence-electron chi connectivity index (χ0n) is 20.5. The van der Waals surface area contributed by atoms with Gasteiger partial charge in [0.15, 0.2) is 0 Å². The van der Waals surface area contributed by atoms with Gasteiger partial charge in [-0.05, 0) is 66.5 Å². The van der Waals surface area contributed by atoms with Gasteiger partial charge in [0.2, 0.25) is 11.8 Å². The van der Waals surface area contributed by atoms with Crippen molar-refractivity contribution in [1.29, 1.82) is 0 Å². The molecule has 182 valence electrons. The molecular weight excluding hydrogens is 424 g/mol. The molecule has 0 aliphatic heterocycles. The molecule has 5 N–H and O–H groups in total. The van der Waals surface area contributed by atoms with E-state index in [0.29, 0.717) is 11.1 Å². The lowest BCUT2D eigenvalue weighted by Gasteiger charge is -2.30. The van der Waals surface area contributed by atoms with Crippen LogP contribution in [0.15, 0.2) is 30.5 Å².